The van der Waals surface area contributed by atoms with Gasteiger partial charge in [-0.2, -0.15) is 0 Å². The summed E-state index contributed by atoms with van der Waals surface area (Å²) >= 11 is 0. The molecule has 2 rings (SSSR count). The minimum atomic E-state index is -2.08. The van der Waals surface area contributed by atoms with E-state index in [1.807, 2.05) is 30.6 Å². The highest BCUT2D eigenvalue weighted by Gasteiger charge is 2.46. The molecule has 0 aliphatic heterocycles. The van der Waals surface area contributed by atoms with Crippen LogP contribution in [0, 0.1) is 0 Å². The number of carbonyl (C=O) groups excluding carboxylic acids is 1. The Balaban J connectivity index is 2.67. The third-order valence-electron chi connectivity index (χ3n) is 4.28. The van der Waals surface area contributed by atoms with E-state index in [1.165, 1.54) is 5.19 Å². The molecule has 0 amide bonds. The lowest BCUT2D eigenvalue weighted by atomic mass is 10.2. The predicted octanol–water partition coefficient (Wildman–Crippen LogP) is 2.67. The molecule has 1 heterocycles. The third-order valence-corrected chi connectivity index (χ3v) is 10.2. The van der Waals surface area contributed by atoms with Gasteiger partial charge in [-0.05, 0) is 22.3 Å². The van der Waals surface area contributed by atoms with Crippen LogP contribution in [0.25, 0.3) is 0 Å². The lowest BCUT2D eigenvalue weighted by molar-refractivity contribution is 0.112. The Morgan fingerprint density at radius 3 is 1.90 bits per heavy atom. The molecule has 4 heteroatoms. The van der Waals surface area contributed by atoms with E-state index in [0.717, 1.165) is 11.7 Å². The molecule has 3 nitrogen and oxygen atoms in total. The summed E-state index contributed by atoms with van der Waals surface area (Å²) < 4.78 is 0. The summed E-state index contributed by atoms with van der Waals surface area (Å²) in [6.45, 7) is 9.04. The first kappa shape index (κ1) is 15.6. The molecule has 2 aromatic rings. The third kappa shape index (κ3) is 2.68. The molecule has 110 valence electrons. The number of rotatable bonds is 5. The molecule has 0 saturated carbocycles. The van der Waals surface area contributed by atoms with Crippen LogP contribution in [0.15, 0.2) is 42.7 Å². The summed E-state index contributed by atoms with van der Waals surface area (Å²) in [6.07, 6.45) is 4.54. The van der Waals surface area contributed by atoms with Gasteiger partial charge in [-0.25, -0.2) is 9.97 Å². The minimum Gasteiger partial charge on any atom is -0.298 e. The molecule has 0 aliphatic rings. The van der Waals surface area contributed by atoms with Gasteiger partial charge in [0.05, 0.1) is 0 Å². The highest BCUT2D eigenvalue weighted by molar-refractivity contribution is 7.03. The molecule has 1 aromatic heterocycles. The van der Waals surface area contributed by atoms with Crippen LogP contribution >= 0.6 is 0 Å². The van der Waals surface area contributed by atoms with Crippen molar-refractivity contribution in [3.63, 3.8) is 0 Å². The quantitative estimate of drug-likeness (QED) is 0.629. The molecule has 0 atom stereocenters. The normalized spacial score (nSPS) is 11.9. The Labute approximate surface area is 127 Å². The first-order chi connectivity index (χ1) is 10.0. The van der Waals surface area contributed by atoms with Crippen molar-refractivity contribution in [2.24, 2.45) is 0 Å². The number of carbonyl (C=O) groups is 1. The Bertz CT molecular complexity index is 586. The monoisotopic (exact) mass is 298 g/mol. The summed E-state index contributed by atoms with van der Waals surface area (Å²) in [5, 5.41) is 1.30. The second-order valence-electron chi connectivity index (χ2n) is 5.99. The number of benzene rings is 1. The van der Waals surface area contributed by atoms with Gasteiger partial charge >= 0.3 is 0 Å². The van der Waals surface area contributed by atoms with Crippen LogP contribution in [0.1, 0.15) is 38.1 Å². The molecule has 0 radical (unpaired) electrons. The average molecular weight is 298 g/mol. The van der Waals surface area contributed by atoms with E-state index >= 15 is 0 Å². The maximum absolute atomic E-state index is 10.9. The summed E-state index contributed by atoms with van der Waals surface area (Å²) in [6, 6.07) is 9.84. The molecule has 0 unspecified atom stereocenters. The zero-order chi connectivity index (χ0) is 15.5. The second-order valence-corrected chi connectivity index (χ2v) is 11.1. The van der Waals surface area contributed by atoms with Gasteiger partial charge in [0.15, 0.2) is 8.07 Å². The first-order valence-electron chi connectivity index (χ1n) is 7.36. The Morgan fingerprint density at radius 1 is 0.952 bits per heavy atom. The van der Waals surface area contributed by atoms with Crippen molar-refractivity contribution in [1.29, 1.82) is 0 Å². The van der Waals surface area contributed by atoms with E-state index in [9.17, 15) is 4.79 Å². The van der Waals surface area contributed by atoms with Gasteiger partial charge < -0.3 is 0 Å². The molecule has 0 N–H and O–H groups in total. The van der Waals surface area contributed by atoms with Gasteiger partial charge in [0, 0.05) is 18.0 Å². The Kier molecular flexibility index (Phi) is 4.68. The van der Waals surface area contributed by atoms with Gasteiger partial charge in [-0.15, -0.1) is 0 Å². The van der Waals surface area contributed by atoms with E-state index < -0.39 is 8.07 Å². The lowest BCUT2D eigenvalue weighted by Gasteiger charge is -2.38. The number of aldehydes is 1. The molecule has 0 bridgehead atoms. The highest BCUT2D eigenvalue weighted by Crippen LogP contribution is 2.31. The molecule has 0 saturated heterocycles. The molecular formula is C17H22N2OSi. The molecule has 1 aromatic carbocycles. The zero-order valence-corrected chi connectivity index (χ0v) is 14.1. The maximum Gasteiger partial charge on any atom is 0.170 e. The van der Waals surface area contributed by atoms with Crippen molar-refractivity contribution < 1.29 is 4.79 Å². The van der Waals surface area contributed by atoms with Crippen molar-refractivity contribution >= 4 is 25.0 Å². The van der Waals surface area contributed by atoms with E-state index in [1.54, 1.807) is 0 Å². The van der Waals surface area contributed by atoms with Crippen LogP contribution in [-0.4, -0.2) is 24.3 Å². The molecule has 0 fully saturated rings. The number of aromatic nitrogens is 2. The number of hydrogen-bond donors (Lipinski definition) is 0. The second kappa shape index (κ2) is 6.31. The van der Waals surface area contributed by atoms with Gasteiger partial charge in [0.25, 0.3) is 0 Å². The van der Waals surface area contributed by atoms with Gasteiger partial charge in [-0.3, -0.25) is 4.79 Å². The van der Waals surface area contributed by atoms with Crippen molar-refractivity contribution in [3.8, 4) is 0 Å². The molecule has 21 heavy (non-hydrogen) atoms. The predicted molar refractivity (Wildman–Crippen MR) is 89.1 cm³/mol. The van der Waals surface area contributed by atoms with E-state index in [4.69, 9.17) is 0 Å². The summed E-state index contributed by atoms with van der Waals surface area (Å²) in [5.41, 5.74) is 2.64. The summed E-state index contributed by atoms with van der Waals surface area (Å²) in [7, 11) is -2.08. The van der Waals surface area contributed by atoms with Crippen LogP contribution in [0.5, 0.6) is 0 Å². The van der Waals surface area contributed by atoms with Crippen molar-refractivity contribution in [2.75, 3.05) is 0 Å². The molecular weight excluding hydrogens is 276 g/mol. The van der Waals surface area contributed by atoms with Gasteiger partial charge in [0.2, 0.25) is 0 Å². The van der Waals surface area contributed by atoms with Gasteiger partial charge in [-0.1, -0.05) is 52.0 Å². The smallest absolute Gasteiger partial charge is 0.170 e. The fourth-order valence-corrected chi connectivity index (χ4v) is 8.58. The largest absolute Gasteiger partial charge is 0.298 e. The lowest BCUT2D eigenvalue weighted by Crippen LogP contribution is -2.64. The standard InChI is InChI=1S/C17H22N2OSi/c1-13(2)21(14(3)4,17-18-10-5-11-19-17)16-8-6-15(12-20)7-9-16/h5-14H,1-4H3. The van der Waals surface area contributed by atoms with Crippen LogP contribution in [-0.2, 0) is 0 Å². The van der Waals surface area contributed by atoms with E-state index in [0.29, 0.717) is 16.6 Å². The van der Waals surface area contributed by atoms with Gasteiger partial charge in [0.1, 0.15) is 11.7 Å². The van der Waals surface area contributed by atoms with Crippen molar-refractivity contribution in [1.82, 2.24) is 9.97 Å². The van der Waals surface area contributed by atoms with Crippen LogP contribution < -0.4 is 10.6 Å². The number of nitrogens with zero attached hydrogens (tertiary/aromatic N) is 2. The number of hydrogen-bond acceptors (Lipinski definition) is 3. The minimum absolute atomic E-state index is 0.474. The first-order valence-corrected chi connectivity index (χ1v) is 9.52. The summed E-state index contributed by atoms with van der Waals surface area (Å²) in [5.74, 6) is 0. The SMILES string of the molecule is CC(C)[Si](c1ccc(C=O)cc1)(c1ncccn1)C(C)C. The fourth-order valence-electron chi connectivity index (χ4n) is 3.33. The summed E-state index contributed by atoms with van der Waals surface area (Å²) in [4.78, 5) is 20.1. The van der Waals surface area contributed by atoms with Crippen LogP contribution in [0.2, 0.25) is 11.1 Å². The Morgan fingerprint density at radius 2 is 1.48 bits per heavy atom. The highest BCUT2D eigenvalue weighted by atomic mass is 28.3. The zero-order valence-electron chi connectivity index (χ0n) is 13.1. The topological polar surface area (TPSA) is 42.9 Å². The maximum atomic E-state index is 10.9. The van der Waals surface area contributed by atoms with E-state index in [2.05, 4.69) is 49.8 Å². The van der Waals surface area contributed by atoms with Crippen molar-refractivity contribution in [2.45, 2.75) is 38.8 Å². The van der Waals surface area contributed by atoms with Crippen LogP contribution in [0.4, 0.5) is 0 Å². The molecule has 0 spiro atoms. The Hall–Kier alpha value is -1.81. The fraction of sp³-hybridized carbons (Fsp3) is 0.353. The molecule has 0 aliphatic carbocycles. The van der Waals surface area contributed by atoms with E-state index in [-0.39, 0.29) is 0 Å². The average Bonchev–Trinajstić information content (AvgIpc) is 2.49. The van der Waals surface area contributed by atoms with Crippen molar-refractivity contribution in [3.05, 3.63) is 48.3 Å². The van der Waals surface area contributed by atoms with Crippen LogP contribution in [0.3, 0.4) is 0 Å².